The van der Waals surface area contributed by atoms with E-state index in [4.69, 9.17) is 10.8 Å². The molecule has 0 heterocycles. The fourth-order valence-corrected chi connectivity index (χ4v) is 2.08. The minimum atomic E-state index is -0.779. The lowest BCUT2D eigenvalue weighted by Crippen LogP contribution is -2.24. The maximum Gasteiger partial charge on any atom is 0.304 e. The average Bonchev–Trinajstić information content (AvgIpc) is 2.51. The Morgan fingerprint density at radius 3 is 2.62 bits per heavy atom. The zero-order valence-electron chi connectivity index (χ0n) is 8.04. The average molecular weight is 185 g/mol. The van der Waals surface area contributed by atoms with Gasteiger partial charge >= 0.3 is 5.97 Å². The predicted octanol–water partition coefficient (Wildman–Crippen LogP) is 1.76. The molecule has 1 saturated carbocycles. The van der Waals surface area contributed by atoms with Crippen LogP contribution >= 0.6 is 0 Å². The Morgan fingerprint density at radius 1 is 1.46 bits per heavy atom. The Labute approximate surface area is 79.3 Å². The summed E-state index contributed by atoms with van der Waals surface area (Å²) in [7, 11) is 0. The molecule has 1 unspecified atom stereocenters. The van der Waals surface area contributed by atoms with E-state index in [2.05, 4.69) is 0 Å². The van der Waals surface area contributed by atoms with Gasteiger partial charge in [0, 0.05) is 6.04 Å². The van der Waals surface area contributed by atoms with Gasteiger partial charge in [-0.15, -0.1) is 0 Å². The van der Waals surface area contributed by atoms with E-state index in [1.807, 2.05) is 0 Å². The van der Waals surface area contributed by atoms with E-state index in [1.165, 1.54) is 25.7 Å². The number of carbonyl (C=O) groups is 1. The van der Waals surface area contributed by atoms with Crippen LogP contribution in [0.4, 0.5) is 0 Å². The Hall–Kier alpha value is -0.570. The van der Waals surface area contributed by atoms with Crippen molar-refractivity contribution in [3.63, 3.8) is 0 Å². The van der Waals surface area contributed by atoms with Gasteiger partial charge in [-0.05, 0) is 18.8 Å². The van der Waals surface area contributed by atoms with Crippen LogP contribution < -0.4 is 5.73 Å². The van der Waals surface area contributed by atoms with E-state index in [9.17, 15) is 4.79 Å². The number of aliphatic carboxylic acids is 1. The number of hydrogen-bond acceptors (Lipinski definition) is 2. The molecule has 1 fully saturated rings. The molecule has 0 amide bonds. The van der Waals surface area contributed by atoms with E-state index < -0.39 is 5.97 Å². The third-order valence-corrected chi connectivity index (χ3v) is 2.86. The van der Waals surface area contributed by atoms with Gasteiger partial charge in [0.25, 0.3) is 0 Å². The third-order valence-electron chi connectivity index (χ3n) is 2.86. The molecule has 0 aliphatic heterocycles. The molecule has 3 N–H and O–H groups in total. The Balaban J connectivity index is 2.06. The van der Waals surface area contributed by atoms with Gasteiger partial charge in [-0.1, -0.05) is 25.7 Å². The lowest BCUT2D eigenvalue weighted by molar-refractivity contribution is -0.137. The standard InChI is InChI=1S/C10H19NO2/c11-9(7-10(12)13)6-5-8-3-1-2-4-8/h8-9H,1-7,11H2,(H,12,13). The quantitative estimate of drug-likeness (QED) is 0.686. The molecule has 76 valence electrons. The van der Waals surface area contributed by atoms with Gasteiger partial charge in [-0.2, -0.15) is 0 Å². The number of carboxylic acid groups (broad SMARTS) is 1. The van der Waals surface area contributed by atoms with Gasteiger partial charge in [0.05, 0.1) is 6.42 Å². The van der Waals surface area contributed by atoms with Crippen molar-refractivity contribution in [1.82, 2.24) is 0 Å². The summed E-state index contributed by atoms with van der Waals surface area (Å²) in [6.07, 6.45) is 7.44. The van der Waals surface area contributed by atoms with Crippen LogP contribution in [0, 0.1) is 5.92 Å². The highest BCUT2D eigenvalue weighted by atomic mass is 16.4. The van der Waals surface area contributed by atoms with Gasteiger partial charge in [0.15, 0.2) is 0 Å². The van der Waals surface area contributed by atoms with Crippen LogP contribution in [0.3, 0.4) is 0 Å². The maximum atomic E-state index is 10.3. The van der Waals surface area contributed by atoms with Crippen molar-refractivity contribution in [2.75, 3.05) is 0 Å². The van der Waals surface area contributed by atoms with E-state index in [1.54, 1.807) is 0 Å². The van der Waals surface area contributed by atoms with Crippen LogP contribution in [-0.4, -0.2) is 17.1 Å². The molecule has 0 bridgehead atoms. The van der Waals surface area contributed by atoms with E-state index in [-0.39, 0.29) is 12.5 Å². The smallest absolute Gasteiger partial charge is 0.304 e. The Morgan fingerprint density at radius 2 is 2.08 bits per heavy atom. The van der Waals surface area contributed by atoms with Gasteiger partial charge in [0.1, 0.15) is 0 Å². The molecule has 1 aliphatic rings. The topological polar surface area (TPSA) is 63.3 Å². The van der Waals surface area contributed by atoms with Crippen molar-refractivity contribution >= 4 is 5.97 Å². The molecule has 3 heteroatoms. The first-order valence-corrected chi connectivity index (χ1v) is 5.16. The Bertz CT molecular complexity index is 164. The van der Waals surface area contributed by atoms with Crippen LogP contribution in [-0.2, 0) is 4.79 Å². The number of rotatable bonds is 5. The first-order chi connectivity index (χ1) is 6.18. The molecular formula is C10H19NO2. The molecule has 13 heavy (non-hydrogen) atoms. The van der Waals surface area contributed by atoms with Crippen molar-refractivity contribution in [2.24, 2.45) is 11.7 Å². The summed E-state index contributed by atoms with van der Waals surface area (Å²) in [5.41, 5.74) is 5.67. The number of nitrogens with two attached hydrogens (primary N) is 1. The van der Waals surface area contributed by atoms with E-state index in [0.29, 0.717) is 0 Å². The van der Waals surface area contributed by atoms with Crippen LogP contribution in [0.1, 0.15) is 44.9 Å². The summed E-state index contributed by atoms with van der Waals surface area (Å²) >= 11 is 0. The van der Waals surface area contributed by atoms with Crippen LogP contribution in [0.2, 0.25) is 0 Å². The first kappa shape index (κ1) is 10.5. The zero-order valence-corrected chi connectivity index (χ0v) is 8.04. The van der Waals surface area contributed by atoms with Gasteiger partial charge < -0.3 is 10.8 Å². The SMILES string of the molecule is NC(CCC1CCCC1)CC(=O)O. The van der Waals surface area contributed by atoms with Crippen LogP contribution in [0.15, 0.2) is 0 Å². The van der Waals surface area contributed by atoms with Crippen molar-refractivity contribution in [1.29, 1.82) is 0 Å². The number of hydrogen-bond donors (Lipinski definition) is 2. The second-order valence-electron chi connectivity index (χ2n) is 4.09. The summed E-state index contributed by atoms with van der Waals surface area (Å²) in [5, 5.41) is 8.50. The van der Waals surface area contributed by atoms with E-state index >= 15 is 0 Å². The molecule has 1 atom stereocenters. The van der Waals surface area contributed by atoms with Gasteiger partial charge in [-0.25, -0.2) is 0 Å². The second kappa shape index (κ2) is 5.22. The molecule has 0 spiro atoms. The first-order valence-electron chi connectivity index (χ1n) is 5.16. The molecule has 1 rings (SSSR count). The fraction of sp³-hybridized carbons (Fsp3) is 0.900. The highest BCUT2D eigenvalue weighted by molar-refractivity contribution is 5.67. The highest BCUT2D eigenvalue weighted by Gasteiger charge is 2.16. The zero-order chi connectivity index (χ0) is 9.68. The minimum absolute atomic E-state index is 0.118. The lowest BCUT2D eigenvalue weighted by atomic mass is 9.98. The van der Waals surface area contributed by atoms with Crippen molar-refractivity contribution < 1.29 is 9.90 Å². The fourth-order valence-electron chi connectivity index (χ4n) is 2.08. The van der Waals surface area contributed by atoms with Crippen LogP contribution in [0.25, 0.3) is 0 Å². The summed E-state index contributed by atoms with van der Waals surface area (Å²) in [6, 6.07) is -0.141. The largest absolute Gasteiger partial charge is 0.481 e. The third kappa shape index (κ3) is 4.27. The van der Waals surface area contributed by atoms with Crippen molar-refractivity contribution in [3.8, 4) is 0 Å². The van der Waals surface area contributed by atoms with Crippen LogP contribution in [0.5, 0.6) is 0 Å². The second-order valence-corrected chi connectivity index (χ2v) is 4.09. The molecule has 3 nitrogen and oxygen atoms in total. The normalized spacial score (nSPS) is 20.4. The van der Waals surface area contributed by atoms with Gasteiger partial charge in [0.2, 0.25) is 0 Å². The molecule has 0 radical (unpaired) electrons. The van der Waals surface area contributed by atoms with E-state index in [0.717, 1.165) is 18.8 Å². The van der Waals surface area contributed by atoms with Gasteiger partial charge in [-0.3, -0.25) is 4.79 Å². The molecule has 0 saturated heterocycles. The van der Waals surface area contributed by atoms with Crippen molar-refractivity contribution in [2.45, 2.75) is 51.0 Å². The molecular weight excluding hydrogens is 166 g/mol. The summed E-state index contributed by atoms with van der Waals surface area (Å²) < 4.78 is 0. The minimum Gasteiger partial charge on any atom is -0.481 e. The predicted molar refractivity (Wildman–Crippen MR) is 51.4 cm³/mol. The summed E-state index contributed by atoms with van der Waals surface area (Å²) in [4.78, 5) is 10.3. The lowest BCUT2D eigenvalue weighted by Gasteiger charge is -2.12. The molecule has 0 aromatic carbocycles. The highest BCUT2D eigenvalue weighted by Crippen LogP contribution is 2.28. The molecule has 0 aromatic heterocycles. The molecule has 0 aromatic rings. The monoisotopic (exact) mass is 185 g/mol. The summed E-state index contributed by atoms with van der Waals surface area (Å²) in [6.45, 7) is 0. The number of carboxylic acids is 1. The van der Waals surface area contributed by atoms with Crippen molar-refractivity contribution in [3.05, 3.63) is 0 Å². The Kier molecular flexibility index (Phi) is 4.22. The molecule has 1 aliphatic carbocycles. The maximum absolute atomic E-state index is 10.3. The summed E-state index contributed by atoms with van der Waals surface area (Å²) in [5.74, 6) is 0.0405.